The third-order valence-electron chi connectivity index (χ3n) is 8.58. The molecule has 1 fully saturated rings. The Balaban J connectivity index is 2.24. The fourth-order valence-electron chi connectivity index (χ4n) is 5.47. The van der Waals surface area contributed by atoms with Crippen molar-refractivity contribution in [3.63, 3.8) is 0 Å². The van der Waals surface area contributed by atoms with Gasteiger partial charge in [-0.05, 0) is 51.4 Å². The van der Waals surface area contributed by atoms with Crippen molar-refractivity contribution in [3.05, 3.63) is 60.8 Å². The number of rotatable bonds is 36. The highest BCUT2D eigenvalue weighted by molar-refractivity contribution is 7.47. The number of hydrogen-bond donors (Lipinski definition) is 2. The van der Waals surface area contributed by atoms with E-state index >= 15 is 0 Å². The highest BCUT2D eigenvalue weighted by Crippen LogP contribution is 2.43. The van der Waals surface area contributed by atoms with Gasteiger partial charge in [0.1, 0.15) is 6.61 Å². The molecule has 304 valence electrons. The van der Waals surface area contributed by atoms with Gasteiger partial charge in [0.15, 0.2) is 6.10 Å². The maximum absolute atomic E-state index is 12.5. The lowest BCUT2D eigenvalue weighted by Crippen LogP contribution is -2.29. The second kappa shape index (κ2) is 34.2. The molecule has 53 heavy (non-hydrogen) atoms. The van der Waals surface area contributed by atoms with Crippen LogP contribution in [0.25, 0.3) is 0 Å². The lowest BCUT2D eigenvalue weighted by molar-refractivity contribution is -0.161. The summed E-state index contributed by atoms with van der Waals surface area (Å²) >= 11 is 0. The van der Waals surface area contributed by atoms with Gasteiger partial charge in [0.05, 0.1) is 25.4 Å². The molecule has 1 aliphatic heterocycles. The Labute approximate surface area is 321 Å². The largest absolute Gasteiger partial charge is 0.472 e. The number of ether oxygens (including phenoxy) is 3. The summed E-state index contributed by atoms with van der Waals surface area (Å²) in [6.45, 7) is 3.50. The Bertz CT molecular complexity index is 1120. The zero-order valence-corrected chi connectivity index (χ0v) is 33.8. The van der Waals surface area contributed by atoms with E-state index in [0.29, 0.717) is 25.0 Å². The molecule has 0 aromatic carbocycles. The van der Waals surface area contributed by atoms with Crippen LogP contribution < -0.4 is 5.73 Å². The molecule has 0 aromatic rings. The molecule has 0 spiro atoms. The van der Waals surface area contributed by atoms with Crippen LogP contribution in [0.15, 0.2) is 60.8 Å². The summed E-state index contributed by atoms with van der Waals surface area (Å²) in [5, 5.41) is 0. The van der Waals surface area contributed by atoms with Crippen LogP contribution in [0.3, 0.4) is 0 Å². The summed E-state index contributed by atoms with van der Waals surface area (Å²) in [4.78, 5) is 34.7. The van der Waals surface area contributed by atoms with Crippen molar-refractivity contribution < 1.29 is 42.3 Å². The first-order valence-corrected chi connectivity index (χ1v) is 21.9. The third kappa shape index (κ3) is 31.7. The zero-order chi connectivity index (χ0) is 38.7. The van der Waals surface area contributed by atoms with E-state index < -0.39 is 32.5 Å². The maximum atomic E-state index is 12.5. The molecule has 1 rings (SSSR count). The van der Waals surface area contributed by atoms with Crippen LogP contribution >= 0.6 is 7.82 Å². The van der Waals surface area contributed by atoms with Gasteiger partial charge in [0.2, 0.25) is 0 Å². The van der Waals surface area contributed by atoms with Crippen LogP contribution in [0.1, 0.15) is 149 Å². The fraction of sp³-hybridized carbons (Fsp3) is 0.714. The van der Waals surface area contributed by atoms with Gasteiger partial charge in [-0.2, -0.15) is 0 Å². The number of hydrogen-bond acceptors (Lipinski definition) is 9. The second-order valence-corrected chi connectivity index (χ2v) is 15.0. The summed E-state index contributed by atoms with van der Waals surface area (Å²) in [6.07, 6.45) is 41.6. The molecular formula is C42H72NO9P. The van der Waals surface area contributed by atoms with E-state index in [9.17, 15) is 19.0 Å². The number of allylic oxidation sites excluding steroid dienone is 8. The monoisotopic (exact) mass is 765 g/mol. The molecular weight excluding hydrogens is 693 g/mol. The Kier molecular flexibility index (Phi) is 31.4. The van der Waals surface area contributed by atoms with Crippen LogP contribution in [0.2, 0.25) is 0 Å². The average Bonchev–Trinajstić information content (AvgIpc) is 3.90. The predicted octanol–water partition coefficient (Wildman–Crippen LogP) is 10.3. The first-order chi connectivity index (χ1) is 25.8. The van der Waals surface area contributed by atoms with Crippen molar-refractivity contribution in [2.75, 3.05) is 26.4 Å². The minimum absolute atomic E-state index is 0.0405. The number of esters is 2. The van der Waals surface area contributed by atoms with Gasteiger partial charge in [0, 0.05) is 19.4 Å². The quantitative estimate of drug-likeness (QED) is 0.0208. The van der Waals surface area contributed by atoms with E-state index in [4.69, 9.17) is 29.0 Å². The van der Waals surface area contributed by atoms with Crippen molar-refractivity contribution in [1.29, 1.82) is 0 Å². The van der Waals surface area contributed by atoms with Crippen LogP contribution in [-0.4, -0.2) is 61.5 Å². The van der Waals surface area contributed by atoms with E-state index in [1.165, 1.54) is 51.4 Å². The standard InChI is InChI=1S/C42H72NO9P/c1-3-5-7-8-9-10-11-15-19-22-25-29-33-42(45)51-38(37-50-53(46,47)49-35-34-43)36-48-41(44)32-28-24-21-18-16-13-12-14-17-20-23-27-31-40-39(52-40)30-26-6-4-2/h6,13-14,16-17,21,23-24,26-27,38-40H,3-5,7-12,15,18-20,22,25,28-37,43H2,1-2H3,(H,46,47)/b16-13-,17-14-,24-21-,26-6-,27-23-/t38-,39?,40?/m1/s1. The minimum Gasteiger partial charge on any atom is -0.462 e. The molecule has 0 aliphatic carbocycles. The number of epoxide rings is 1. The normalized spacial score (nSPS) is 17.8. The molecule has 0 aromatic heterocycles. The van der Waals surface area contributed by atoms with Gasteiger partial charge in [0.25, 0.3) is 0 Å². The first-order valence-electron chi connectivity index (χ1n) is 20.4. The fourth-order valence-corrected chi connectivity index (χ4v) is 6.23. The Morgan fingerprint density at radius 3 is 1.77 bits per heavy atom. The van der Waals surface area contributed by atoms with Crippen molar-refractivity contribution in [2.45, 2.75) is 167 Å². The van der Waals surface area contributed by atoms with Gasteiger partial charge in [-0.1, -0.05) is 145 Å². The number of phosphoric ester groups is 1. The van der Waals surface area contributed by atoms with E-state index in [0.717, 1.165) is 57.8 Å². The van der Waals surface area contributed by atoms with E-state index in [-0.39, 0.29) is 32.6 Å². The molecule has 0 bridgehead atoms. The molecule has 1 saturated heterocycles. The Hall–Kier alpha value is -2.33. The molecule has 0 radical (unpaired) electrons. The van der Waals surface area contributed by atoms with E-state index in [1.807, 2.05) is 12.2 Å². The third-order valence-corrected chi connectivity index (χ3v) is 9.57. The highest BCUT2D eigenvalue weighted by atomic mass is 31.2. The molecule has 3 N–H and O–H groups in total. The van der Waals surface area contributed by atoms with Crippen LogP contribution in [0.5, 0.6) is 0 Å². The van der Waals surface area contributed by atoms with Gasteiger partial charge < -0.3 is 24.8 Å². The zero-order valence-electron chi connectivity index (χ0n) is 32.9. The topological polar surface area (TPSA) is 147 Å². The highest BCUT2D eigenvalue weighted by Gasteiger charge is 2.36. The van der Waals surface area contributed by atoms with Crippen molar-refractivity contribution in [2.24, 2.45) is 5.73 Å². The van der Waals surface area contributed by atoms with Crippen molar-refractivity contribution in [3.8, 4) is 0 Å². The van der Waals surface area contributed by atoms with Crippen molar-refractivity contribution in [1.82, 2.24) is 0 Å². The van der Waals surface area contributed by atoms with Crippen LogP contribution in [0.4, 0.5) is 0 Å². The first kappa shape index (κ1) is 48.7. The smallest absolute Gasteiger partial charge is 0.462 e. The van der Waals surface area contributed by atoms with Gasteiger partial charge in [-0.15, -0.1) is 0 Å². The number of phosphoric acid groups is 1. The molecule has 10 nitrogen and oxygen atoms in total. The SMILES string of the molecule is CC/C=C\CC1OC1C/C=C\C/C=C\C/C=C\C/C=C\CCC(=O)OC[C@H](COP(=O)(O)OCCN)OC(=O)CCCCCCCCCCCCCC. The van der Waals surface area contributed by atoms with Crippen LogP contribution in [0, 0.1) is 0 Å². The van der Waals surface area contributed by atoms with Crippen molar-refractivity contribution >= 4 is 19.8 Å². The molecule has 4 atom stereocenters. The van der Waals surface area contributed by atoms with E-state index in [2.05, 4.69) is 62.5 Å². The molecule has 11 heteroatoms. The molecule has 3 unspecified atom stereocenters. The minimum atomic E-state index is -4.39. The summed E-state index contributed by atoms with van der Waals surface area (Å²) in [6, 6.07) is 0. The summed E-state index contributed by atoms with van der Waals surface area (Å²) in [5.74, 6) is -0.934. The predicted molar refractivity (Wildman–Crippen MR) is 214 cm³/mol. The average molecular weight is 766 g/mol. The van der Waals surface area contributed by atoms with Gasteiger partial charge >= 0.3 is 19.8 Å². The summed E-state index contributed by atoms with van der Waals surface area (Å²) in [7, 11) is -4.39. The van der Waals surface area contributed by atoms with E-state index in [1.54, 1.807) is 0 Å². The Morgan fingerprint density at radius 2 is 1.21 bits per heavy atom. The number of carbonyl (C=O) groups excluding carboxylic acids is 2. The molecule has 0 amide bonds. The number of unbranched alkanes of at least 4 members (excludes halogenated alkanes) is 11. The maximum Gasteiger partial charge on any atom is 0.472 e. The van der Waals surface area contributed by atoms with Crippen LogP contribution in [-0.2, 0) is 37.4 Å². The number of carbonyl (C=O) groups is 2. The molecule has 0 saturated carbocycles. The summed E-state index contributed by atoms with van der Waals surface area (Å²) < 4.78 is 38.3. The summed E-state index contributed by atoms with van der Waals surface area (Å²) in [5.41, 5.74) is 5.33. The Morgan fingerprint density at radius 1 is 0.679 bits per heavy atom. The number of nitrogens with two attached hydrogens (primary N) is 1. The molecule has 1 aliphatic rings. The second-order valence-electron chi connectivity index (χ2n) is 13.5. The van der Waals surface area contributed by atoms with Gasteiger partial charge in [-0.3, -0.25) is 18.6 Å². The lowest BCUT2D eigenvalue weighted by atomic mass is 10.0. The molecule has 1 heterocycles. The van der Waals surface area contributed by atoms with Gasteiger partial charge in [-0.25, -0.2) is 4.57 Å². The lowest BCUT2D eigenvalue weighted by Gasteiger charge is -2.19.